The van der Waals surface area contributed by atoms with E-state index in [1.165, 1.54) is 12.1 Å². The Morgan fingerprint density at radius 3 is 2.65 bits per heavy atom. The van der Waals surface area contributed by atoms with Crippen LogP contribution in [0.25, 0.3) is 0 Å². The maximum Gasteiger partial charge on any atom is 0.335 e. The van der Waals surface area contributed by atoms with Gasteiger partial charge in [0.1, 0.15) is 0 Å². The maximum absolute atomic E-state index is 12.6. The molecule has 1 heterocycles. The van der Waals surface area contributed by atoms with Crippen LogP contribution in [0.1, 0.15) is 27.0 Å². The molecule has 2 aromatic carbocycles. The summed E-state index contributed by atoms with van der Waals surface area (Å²) in [4.78, 5) is 37.1. The van der Waals surface area contributed by atoms with E-state index in [2.05, 4.69) is 5.32 Å². The lowest BCUT2D eigenvalue weighted by atomic mass is 10.1. The summed E-state index contributed by atoms with van der Waals surface area (Å²) < 4.78 is 0. The highest BCUT2D eigenvalue weighted by molar-refractivity contribution is 8.15. The fraction of sp³-hybridized carbons (Fsp3) is 0.211. The Hall–Kier alpha value is -2.80. The molecule has 134 valence electrons. The third kappa shape index (κ3) is 3.72. The Morgan fingerprint density at radius 2 is 1.96 bits per heavy atom. The van der Waals surface area contributed by atoms with Crippen LogP contribution in [-0.4, -0.2) is 32.5 Å². The van der Waals surface area contributed by atoms with Gasteiger partial charge >= 0.3 is 5.97 Å². The lowest BCUT2D eigenvalue weighted by Gasteiger charge is -2.16. The molecule has 3 rings (SSSR count). The number of aromatic carboxylic acids is 1. The van der Waals surface area contributed by atoms with E-state index in [1.807, 2.05) is 32.0 Å². The number of aryl methyl sites for hydroxylation is 2. The van der Waals surface area contributed by atoms with Gasteiger partial charge in [-0.15, -0.1) is 0 Å². The third-order valence-corrected chi connectivity index (χ3v) is 5.09. The highest BCUT2D eigenvalue weighted by Gasteiger charge is 2.39. The number of anilines is 1. The topological polar surface area (TPSA) is 86.7 Å². The van der Waals surface area contributed by atoms with Gasteiger partial charge in [-0.1, -0.05) is 29.8 Å². The molecule has 0 radical (unpaired) electrons. The molecule has 0 spiro atoms. The van der Waals surface area contributed by atoms with Crippen molar-refractivity contribution < 1.29 is 19.5 Å². The molecular weight excluding hydrogens is 352 g/mol. The largest absolute Gasteiger partial charge is 0.478 e. The SMILES string of the molecule is Cc1ccc(N[C@H]2SC(=O)N(Cc3cccc(C(=O)O)c3)C2=O)c(C)c1. The molecule has 0 saturated carbocycles. The first kappa shape index (κ1) is 18.0. The number of rotatable bonds is 5. The van der Waals surface area contributed by atoms with Gasteiger partial charge in [0.05, 0.1) is 12.1 Å². The molecule has 2 N–H and O–H groups in total. The minimum atomic E-state index is -1.05. The second-order valence-corrected chi connectivity index (χ2v) is 7.21. The molecule has 6 nitrogen and oxygen atoms in total. The predicted octanol–water partition coefficient (Wildman–Crippen LogP) is 3.64. The van der Waals surface area contributed by atoms with Gasteiger partial charge in [0.2, 0.25) is 0 Å². The van der Waals surface area contributed by atoms with E-state index in [0.29, 0.717) is 5.56 Å². The van der Waals surface area contributed by atoms with Crippen molar-refractivity contribution in [2.45, 2.75) is 25.8 Å². The number of carbonyl (C=O) groups excluding carboxylic acids is 2. The molecule has 2 aromatic rings. The molecule has 1 aliphatic heterocycles. The van der Waals surface area contributed by atoms with Crippen molar-refractivity contribution in [2.75, 3.05) is 5.32 Å². The summed E-state index contributed by atoms with van der Waals surface area (Å²) in [6.45, 7) is 3.98. The second kappa shape index (κ2) is 7.21. The number of nitrogens with one attached hydrogen (secondary N) is 1. The Kier molecular flexibility index (Phi) is 4.99. The molecule has 26 heavy (non-hydrogen) atoms. The minimum absolute atomic E-state index is 0.0524. The fourth-order valence-corrected chi connectivity index (χ4v) is 3.68. The van der Waals surface area contributed by atoms with Crippen molar-refractivity contribution in [3.63, 3.8) is 0 Å². The predicted molar refractivity (Wildman–Crippen MR) is 100 cm³/mol. The third-order valence-electron chi connectivity index (χ3n) is 4.11. The van der Waals surface area contributed by atoms with E-state index in [4.69, 9.17) is 5.11 Å². The van der Waals surface area contributed by atoms with E-state index < -0.39 is 11.3 Å². The van der Waals surface area contributed by atoms with Crippen molar-refractivity contribution in [3.05, 3.63) is 64.7 Å². The van der Waals surface area contributed by atoms with Crippen LogP contribution in [0.4, 0.5) is 10.5 Å². The lowest BCUT2D eigenvalue weighted by Crippen LogP contribution is -2.34. The van der Waals surface area contributed by atoms with Crippen molar-refractivity contribution in [3.8, 4) is 0 Å². The van der Waals surface area contributed by atoms with Crippen LogP contribution in [0.2, 0.25) is 0 Å². The average molecular weight is 370 g/mol. The Balaban J connectivity index is 1.74. The van der Waals surface area contributed by atoms with Crippen LogP contribution in [0.5, 0.6) is 0 Å². The van der Waals surface area contributed by atoms with Gasteiger partial charge in [-0.05, 0) is 54.9 Å². The number of benzene rings is 2. The van der Waals surface area contributed by atoms with E-state index in [-0.39, 0.29) is 23.3 Å². The van der Waals surface area contributed by atoms with Crippen LogP contribution in [0.3, 0.4) is 0 Å². The van der Waals surface area contributed by atoms with Gasteiger partial charge in [-0.25, -0.2) is 4.79 Å². The first-order valence-corrected chi connectivity index (χ1v) is 8.91. The van der Waals surface area contributed by atoms with Gasteiger partial charge in [-0.3, -0.25) is 14.5 Å². The monoisotopic (exact) mass is 370 g/mol. The standard InChI is InChI=1S/C19H18N2O4S/c1-11-6-7-15(12(2)8-11)20-16-17(22)21(19(25)26-16)10-13-4-3-5-14(9-13)18(23)24/h3-9,16,20H,10H2,1-2H3,(H,23,24)/t16-/m0/s1. The first-order valence-electron chi connectivity index (χ1n) is 8.03. The number of imide groups is 1. The average Bonchev–Trinajstić information content (AvgIpc) is 2.85. The van der Waals surface area contributed by atoms with Crippen LogP contribution in [0, 0.1) is 13.8 Å². The molecule has 1 fully saturated rings. The number of carboxylic acid groups (broad SMARTS) is 1. The van der Waals surface area contributed by atoms with Gasteiger partial charge in [0.15, 0.2) is 5.37 Å². The van der Waals surface area contributed by atoms with Crippen molar-refractivity contribution in [1.82, 2.24) is 4.90 Å². The van der Waals surface area contributed by atoms with Crippen LogP contribution in [-0.2, 0) is 11.3 Å². The Morgan fingerprint density at radius 1 is 1.19 bits per heavy atom. The van der Waals surface area contributed by atoms with Crippen LogP contribution in [0.15, 0.2) is 42.5 Å². The minimum Gasteiger partial charge on any atom is -0.478 e. The Labute approximate surface area is 155 Å². The summed E-state index contributed by atoms with van der Waals surface area (Å²) in [6.07, 6.45) is 0. The number of hydrogen-bond donors (Lipinski definition) is 2. The molecule has 2 amide bonds. The summed E-state index contributed by atoms with van der Waals surface area (Å²) in [5.74, 6) is -1.38. The number of nitrogens with zero attached hydrogens (tertiary/aromatic N) is 1. The highest BCUT2D eigenvalue weighted by atomic mass is 32.2. The zero-order valence-corrected chi connectivity index (χ0v) is 15.2. The molecule has 1 atom stereocenters. The van der Waals surface area contributed by atoms with Crippen LogP contribution < -0.4 is 5.32 Å². The Bertz CT molecular complexity index is 897. The molecule has 1 aliphatic rings. The molecule has 0 unspecified atom stereocenters. The normalized spacial score (nSPS) is 16.8. The number of amides is 2. The zero-order valence-electron chi connectivity index (χ0n) is 14.4. The zero-order chi connectivity index (χ0) is 18.8. The fourth-order valence-electron chi connectivity index (χ4n) is 2.78. The summed E-state index contributed by atoms with van der Waals surface area (Å²) in [7, 11) is 0. The number of carboxylic acids is 1. The molecule has 0 aromatic heterocycles. The summed E-state index contributed by atoms with van der Waals surface area (Å²) in [6, 6.07) is 12.1. The lowest BCUT2D eigenvalue weighted by molar-refractivity contribution is -0.126. The second-order valence-electron chi connectivity index (χ2n) is 6.16. The van der Waals surface area contributed by atoms with Crippen molar-refractivity contribution >= 4 is 34.6 Å². The smallest absolute Gasteiger partial charge is 0.335 e. The summed E-state index contributed by atoms with van der Waals surface area (Å²) in [5.41, 5.74) is 3.65. The first-order chi connectivity index (χ1) is 12.3. The van der Waals surface area contributed by atoms with Crippen molar-refractivity contribution in [1.29, 1.82) is 0 Å². The molecule has 0 bridgehead atoms. The molecule has 1 saturated heterocycles. The molecular formula is C19H18N2O4S. The summed E-state index contributed by atoms with van der Waals surface area (Å²) >= 11 is 0.929. The van der Waals surface area contributed by atoms with Crippen LogP contribution >= 0.6 is 11.8 Å². The number of carbonyl (C=O) groups is 3. The number of hydrogen-bond acceptors (Lipinski definition) is 5. The van der Waals surface area contributed by atoms with Crippen molar-refractivity contribution in [2.24, 2.45) is 0 Å². The van der Waals surface area contributed by atoms with Gasteiger partial charge in [-0.2, -0.15) is 0 Å². The molecule has 7 heteroatoms. The maximum atomic E-state index is 12.6. The molecule has 0 aliphatic carbocycles. The number of thioether (sulfide) groups is 1. The summed E-state index contributed by atoms with van der Waals surface area (Å²) in [5, 5.41) is 11.1. The van der Waals surface area contributed by atoms with E-state index in [9.17, 15) is 14.4 Å². The van der Waals surface area contributed by atoms with E-state index in [0.717, 1.165) is 33.5 Å². The van der Waals surface area contributed by atoms with E-state index >= 15 is 0 Å². The highest BCUT2D eigenvalue weighted by Crippen LogP contribution is 2.30. The van der Waals surface area contributed by atoms with E-state index in [1.54, 1.807) is 12.1 Å². The quantitative estimate of drug-likeness (QED) is 0.836. The van der Waals surface area contributed by atoms with Gasteiger partial charge in [0.25, 0.3) is 11.1 Å². The van der Waals surface area contributed by atoms with Gasteiger partial charge in [0, 0.05) is 5.69 Å². The van der Waals surface area contributed by atoms with Gasteiger partial charge < -0.3 is 10.4 Å².